The zero-order valence-corrected chi connectivity index (χ0v) is 17.3. The predicted molar refractivity (Wildman–Crippen MR) is 105 cm³/mol. The van der Waals surface area contributed by atoms with E-state index in [4.69, 9.17) is 9.47 Å². The second-order valence-electron chi connectivity index (χ2n) is 9.28. The summed E-state index contributed by atoms with van der Waals surface area (Å²) in [6.07, 6.45) is 5.79. The van der Waals surface area contributed by atoms with Crippen LogP contribution in [-0.4, -0.2) is 19.7 Å². The van der Waals surface area contributed by atoms with E-state index in [9.17, 15) is 4.79 Å². The molecular weight excluding hydrogens is 324 g/mol. The summed E-state index contributed by atoms with van der Waals surface area (Å²) in [5, 5.41) is 0. The van der Waals surface area contributed by atoms with Crippen molar-refractivity contribution in [1.29, 1.82) is 0 Å². The molecule has 3 rings (SSSR count). The molecule has 2 aliphatic carbocycles. The molecule has 1 aromatic rings. The lowest BCUT2D eigenvalue weighted by Gasteiger charge is -2.55. The first-order valence-corrected chi connectivity index (χ1v) is 10.1. The number of hydrogen-bond donors (Lipinski definition) is 0. The summed E-state index contributed by atoms with van der Waals surface area (Å²) in [5.74, 6) is 1.76. The Hall–Kier alpha value is -1.51. The van der Waals surface area contributed by atoms with Crippen LogP contribution in [0.25, 0.3) is 0 Å². The van der Waals surface area contributed by atoms with Gasteiger partial charge in [0.05, 0.1) is 7.11 Å². The van der Waals surface area contributed by atoms with Crippen molar-refractivity contribution in [2.75, 3.05) is 13.7 Å². The van der Waals surface area contributed by atoms with Gasteiger partial charge in [0.25, 0.3) is 0 Å². The Morgan fingerprint density at radius 1 is 1.27 bits per heavy atom. The van der Waals surface area contributed by atoms with E-state index in [2.05, 4.69) is 39.8 Å². The molecule has 0 spiro atoms. The molecule has 2 aliphatic rings. The summed E-state index contributed by atoms with van der Waals surface area (Å²) in [4.78, 5) is 11.7. The topological polar surface area (TPSA) is 35.5 Å². The van der Waals surface area contributed by atoms with E-state index < -0.39 is 0 Å². The highest BCUT2D eigenvalue weighted by atomic mass is 16.5. The minimum atomic E-state index is -0.181. The number of rotatable bonds is 4. The molecule has 0 aliphatic heterocycles. The zero-order valence-electron chi connectivity index (χ0n) is 17.3. The zero-order chi connectivity index (χ0) is 19.1. The minimum absolute atomic E-state index is 0.0796. The second kappa shape index (κ2) is 6.90. The average Bonchev–Trinajstić information content (AvgIpc) is 2.58. The summed E-state index contributed by atoms with van der Waals surface area (Å²) < 4.78 is 11.4. The molecule has 0 heterocycles. The average molecular weight is 359 g/mol. The van der Waals surface area contributed by atoms with Crippen molar-refractivity contribution in [1.82, 2.24) is 0 Å². The highest BCUT2D eigenvalue weighted by Crippen LogP contribution is 2.58. The number of carbonyl (C=O) groups excluding carboxylic acids is 1. The number of carbonyl (C=O) groups is 1. The van der Waals surface area contributed by atoms with Gasteiger partial charge in [-0.05, 0) is 65.7 Å². The van der Waals surface area contributed by atoms with E-state index in [1.807, 2.05) is 0 Å². The maximum absolute atomic E-state index is 11.7. The molecule has 26 heavy (non-hydrogen) atoms. The summed E-state index contributed by atoms with van der Waals surface area (Å²) in [6, 6.07) is 4.62. The molecule has 0 amide bonds. The van der Waals surface area contributed by atoms with Crippen molar-refractivity contribution in [3.63, 3.8) is 0 Å². The van der Waals surface area contributed by atoms with Crippen LogP contribution in [0.3, 0.4) is 0 Å². The van der Waals surface area contributed by atoms with Crippen molar-refractivity contribution < 1.29 is 14.3 Å². The number of aryl methyl sites for hydroxylation is 1. The Morgan fingerprint density at radius 2 is 2.00 bits per heavy atom. The Kier molecular flexibility index (Phi) is 5.11. The summed E-state index contributed by atoms with van der Waals surface area (Å²) in [7, 11) is 1.76. The van der Waals surface area contributed by atoms with E-state index in [-0.39, 0.29) is 16.8 Å². The van der Waals surface area contributed by atoms with Crippen LogP contribution >= 0.6 is 0 Å². The van der Waals surface area contributed by atoms with E-state index in [1.165, 1.54) is 42.9 Å². The number of ether oxygens (including phenoxy) is 2. The standard InChI is InChI=1S/C23H34O3/c1-15(2)18-12-17-8-9-21-22(4,5)10-7-11-23(21,14-26-16(3)24)19(17)13-20(18)25-6/h12-13,15,21H,7-11,14H2,1-6H3/t21-,23-/m1/s1. The van der Waals surface area contributed by atoms with Crippen molar-refractivity contribution in [3.05, 3.63) is 28.8 Å². The van der Waals surface area contributed by atoms with Gasteiger partial charge in [-0.25, -0.2) is 0 Å². The molecule has 0 bridgehead atoms. The van der Waals surface area contributed by atoms with E-state index in [1.54, 1.807) is 7.11 Å². The van der Waals surface area contributed by atoms with Gasteiger partial charge in [0.15, 0.2) is 0 Å². The highest BCUT2D eigenvalue weighted by molar-refractivity contribution is 5.66. The number of fused-ring (bicyclic) bond motifs is 3. The number of esters is 1. The van der Waals surface area contributed by atoms with Gasteiger partial charge in [-0.3, -0.25) is 4.79 Å². The quantitative estimate of drug-likeness (QED) is 0.677. The lowest BCUT2D eigenvalue weighted by Crippen LogP contribution is -2.52. The fraction of sp³-hybridized carbons (Fsp3) is 0.696. The largest absolute Gasteiger partial charge is 0.496 e. The van der Waals surface area contributed by atoms with Crippen LogP contribution in [0.2, 0.25) is 0 Å². The van der Waals surface area contributed by atoms with Gasteiger partial charge in [0.2, 0.25) is 0 Å². The fourth-order valence-electron chi connectivity index (χ4n) is 5.67. The summed E-state index contributed by atoms with van der Waals surface area (Å²) >= 11 is 0. The summed E-state index contributed by atoms with van der Waals surface area (Å²) in [6.45, 7) is 11.2. The fourth-order valence-corrected chi connectivity index (χ4v) is 5.67. The molecule has 1 fully saturated rings. The molecule has 0 N–H and O–H groups in total. The lowest BCUT2D eigenvalue weighted by atomic mass is 9.49. The molecule has 1 saturated carbocycles. The van der Waals surface area contributed by atoms with Gasteiger partial charge in [-0.15, -0.1) is 0 Å². The van der Waals surface area contributed by atoms with Crippen LogP contribution in [0, 0.1) is 11.3 Å². The molecule has 0 aromatic heterocycles. The van der Waals surface area contributed by atoms with Crippen LogP contribution in [-0.2, 0) is 21.4 Å². The van der Waals surface area contributed by atoms with Gasteiger partial charge in [0.1, 0.15) is 12.4 Å². The number of hydrogen-bond acceptors (Lipinski definition) is 3. The second-order valence-corrected chi connectivity index (χ2v) is 9.28. The molecule has 0 unspecified atom stereocenters. The Labute approximate surface area is 158 Å². The Morgan fingerprint density at radius 3 is 2.62 bits per heavy atom. The molecule has 144 valence electrons. The third-order valence-corrected chi connectivity index (χ3v) is 6.90. The van der Waals surface area contributed by atoms with E-state index in [0.717, 1.165) is 18.6 Å². The monoisotopic (exact) mass is 358 g/mol. The smallest absolute Gasteiger partial charge is 0.302 e. The molecular formula is C23H34O3. The van der Waals surface area contributed by atoms with Crippen LogP contribution in [0.5, 0.6) is 5.75 Å². The first kappa shape index (κ1) is 19.3. The van der Waals surface area contributed by atoms with Crippen molar-refractivity contribution in [2.24, 2.45) is 11.3 Å². The van der Waals surface area contributed by atoms with Crippen LogP contribution in [0.1, 0.15) is 82.9 Å². The molecule has 1 aromatic carbocycles. The SMILES string of the molecule is COc1cc2c(cc1C(C)C)CC[C@@H]1C(C)(C)CCC[C@@]21COC(C)=O. The van der Waals surface area contributed by atoms with Crippen LogP contribution < -0.4 is 4.74 Å². The van der Waals surface area contributed by atoms with Gasteiger partial charge in [-0.2, -0.15) is 0 Å². The first-order valence-electron chi connectivity index (χ1n) is 10.1. The maximum atomic E-state index is 11.7. The minimum Gasteiger partial charge on any atom is -0.496 e. The number of benzene rings is 1. The molecule has 3 heteroatoms. The molecule has 0 saturated heterocycles. The van der Waals surface area contributed by atoms with Crippen molar-refractivity contribution >= 4 is 5.97 Å². The van der Waals surface area contributed by atoms with E-state index in [0.29, 0.717) is 18.4 Å². The van der Waals surface area contributed by atoms with Gasteiger partial charge in [0, 0.05) is 12.3 Å². The number of methoxy groups -OCH3 is 1. The van der Waals surface area contributed by atoms with Crippen molar-refractivity contribution in [3.8, 4) is 5.75 Å². The predicted octanol–water partition coefficient (Wildman–Crippen LogP) is 5.39. The van der Waals surface area contributed by atoms with Crippen LogP contribution in [0.4, 0.5) is 0 Å². The summed E-state index contributed by atoms with van der Waals surface area (Å²) in [5.41, 5.74) is 4.26. The lowest BCUT2D eigenvalue weighted by molar-refractivity contribution is -0.146. The van der Waals surface area contributed by atoms with Crippen molar-refractivity contribution in [2.45, 2.75) is 78.1 Å². The highest BCUT2D eigenvalue weighted by Gasteiger charge is 2.53. The first-order chi connectivity index (χ1) is 12.2. The van der Waals surface area contributed by atoms with Crippen LogP contribution in [0.15, 0.2) is 12.1 Å². The third kappa shape index (κ3) is 3.14. The van der Waals surface area contributed by atoms with Gasteiger partial charge in [-0.1, -0.05) is 40.2 Å². The molecule has 0 radical (unpaired) electrons. The van der Waals surface area contributed by atoms with Gasteiger partial charge >= 0.3 is 5.97 Å². The third-order valence-electron chi connectivity index (χ3n) is 6.90. The Bertz CT molecular complexity index is 689. The van der Waals surface area contributed by atoms with E-state index >= 15 is 0 Å². The normalized spacial score (nSPS) is 26.8. The maximum Gasteiger partial charge on any atom is 0.302 e. The van der Waals surface area contributed by atoms with Gasteiger partial charge < -0.3 is 9.47 Å². The molecule has 2 atom stereocenters. The molecule has 3 nitrogen and oxygen atoms in total. The Balaban J connectivity index is 2.16.